The Balaban J connectivity index is 1.56. The predicted molar refractivity (Wildman–Crippen MR) is 97.2 cm³/mol. The van der Waals surface area contributed by atoms with Gasteiger partial charge in [0.2, 0.25) is 5.91 Å². The van der Waals surface area contributed by atoms with Crippen LogP contribution < -0.4 is 5.73 Å². The van der Waals surface area contributed by atoms with E-state index in [0.717, 1.165) is 25.0 Å². The molecule has 1 saturated heterocycles. The zero-order valence-corrected chi connectivity index (χ0v) is 14.6. The Bertz CT molecular complexity index is 867. The molecule has 1 unspecified atom stereocenters. The van der Waals surface area contributed by atoms with Crippen LogP contribution in [0.1, 0.15) is 48.0 Å². The lowest BCUT2D eigenvalue weighted by molar-refractivity contribution is 0.00370. The Kier molecular flexibility index (Phi) is 4.72. The molecule has 1 amide bonds. The van der Waals surface area contributed by atoms with Crippen molar-refractivity contribution in [3.63, 3.8) is 0 Å². The summed E-state index contributed by atoms with van der Waals surface area (Å²) in [5, 5.41) is 8.41. The van der Waals surface area contributed by atoms with E-state index in [0.29, 0.717) is 29.3 Å². The highest BCUT2D eigenvalue weighted by Crippen LogP contribution is 2.28. The number of hydrogen-bond acceptors (Lipinski definition) is 4. The summed E-state index contributed by atoms with van der Waals surface area (Å²) in [6.45, 7) is 1.48. The van der Waals surface area contributed by atoms with Crippen LogP contribution in [0.3, 0.4) is 0 Å². The Labute approximate surface area is 152 Å². The third kappa shape index (κ3) is 3.94. The number of amides is 1. The van der Waals surface area contributed by atoms with Crippen molar-refractivity contribution in [2.24, 2.45) is 11.7 Å². The quantitative estimate of drug-likeness (QED) is 0.858. The molecule has 4 rings (SSSR count). The van der Waals surface area contributed by atoms with Crippen LogP contribution in [-0.4, -0.2) is 33.6 Å². The third-order valence-electron chi connectivity index (χ3n) is 4.76. The van der Waals surface area contributed by atoms with Gasteiger partial charge in [-0.3, -0.25) is 4.79 Å². The van der Waals surface area contributed by atoms with Crippen LogP contribution in [0.4, 0.5) is 0 Å². The van der Waals surface area contributed by atoms with Crippen molar-refractivity contribution in [1.29, 1.82) is 0 Å². The van der Waals surface area contributed by atoms with E-state index in [1.54, 1.807) is 10.7 Å². The smallest absolute Gasteiger partial charge is 0.249 e. The van der Waals surface area contributed by atoms with Crippen molar-refractivity contribution in [3.8, 4) is 23.1 Å². The first-order valence-electron chi connectivity index (χ1n) is 9.16. The fraction of sp³-hybridized carbons (Fsp3) is 0.450. The van der Waals surface area contributed by atoms with Gasteiger partial charge in [0.05, 0.1) is 18.8 Å². The summed E-state index contributed by atoms with van der Waals surface area (Å²) < 4.78 is 7.52. The van der Waals surface area contributed by atoms with Gasteiger partial charge in [-0.15, -0.1) is 5.10 Å². The van der Waals surface area contributed by atoms with Gasteiger partial charge in [0.1, 0.15) is 5.69 Å². The molecular formula is C20H22N4O2. The van der Waals surface area contributed by atoms with Crippen LogP contribution in [0.2, 0.25) is 0 Å². The molecule has 0 spiro atoms. The lowest BCUT2D eigenvalue weighted by Gasteiger charge is -2.21. The number of aromatic nitrogens is 3. The summed E-state index contributed by atoms with van der Waals surface area (Å²) in [5.74, 6) is 6.35. The molecule has 26 heavy (non-hydrogen) atoms. The molecule has 6 nitrogen and oxygen atoms in total. The Morgan fingerprint density at radius 2 is 2.19 bits per heavy atom. The zero-order chi connectivity index (χ0) is 17.9. The lowest BCUT2D eigenvalue weighted by Crippen LogP contribution is -2.24. The fourth-order valence-corrected chi connectivity index (χ4v) is 3.13. The largest absolute Gasteiger partial charge is 0.376 e. The van der Waals surface area contributed by atoms with Gasteiger partial charge in [-0.05, 0) is 44.2 Å². The summed E-state index contributed by atoms with van der Waals surface area (Å²) in [4.78, 5) is 11.9. The van der Waals surface area contributed by atoms with Crippen molar-refractivity contribution >= 4 is 5.91 Å². The van der Waals surface area contributed by atoms with Gasteiger partial charge in [0.25, 0.3) is 0 Å². The number of nitrogens with zero attached hydrogens (tertiary/aromatic N) is 3. The van der Waals surface area contributed by atoms with Crippen molar-refractivity contribution in [2.45, 2.75) is 44.8 Å². The highest BCUT2D eigenvalue weighted by Gasteiger charge is 2.19. The van der Waals surface area contributed by atoms with Gasteiger partial charge in [-0.25, -0.2) is 4.68 Å². The van der Waals surface area contributed by atoms with Gasteiger partial charge in [-0.1, -0.05) is 23.1 Å². The topological polar surface area (TPSA) is 83.0 Å². The van der Waals surface area contributed by atoms with Crippen molar-refractivity contribution < 1.29 is 9.53 Å². The molecule has 2 aromatic rings. The molecule has 0 bridgehead atoms. The van der Waals surface area contributed by atoms with Crippen LogP contribution in [0.15, 0.2) is 24.4 Å². The van der Waals surface area contributed by atoms with Crippen molar-refractivity contribution in [1.82, 2.24) is 15.0 Å². The predicted octanol–water partition coefficient (Wildman–Crippen LogP) is 2.37. The number of carbonyl (C=O) groups is 1. The summed E-state index contributed by atoms with van der Waals surface area (Å²) in [5.41, 5.74) is 8.13. The van der Waals surface area contributed by atoms with Crippen molar-refractivity contribution in [3.05, 3.63) is 35.5 Å². The summed E-state index contributed by atoms with van der Waals surface area (Å²) in [6.07, 6.45) is 7.70. The van der Waals surface area contributed by atoms with Gasteiger partial charge >= 0.3 is 0 Å². The van der Waals surface area contributed by atoms with Gasteiger partial charge in [0, 0.05) is 29.2 Å². The molecule has 1 aliphatic heterocycles. The molecule has 1 aromatic heterocycles. The second-order valence-corrected chi connectivity index (χ2v) is 6.98. The first kappa shape index (κ1) is 16.8. The number of nitrogens with two attached hydrogens (primary N) is 1. The molecule has 6 heteroatoms. The van der Waals surface area contributed by atoms with E-state index in [-0.39, 0.29) is 6.10 Å². The normalized spacial score (nSPS) is 19.6. The van der Waals surface area contributed by atoms with Crippen LogP contribution >= 0.6 is 0 Å². The van der Waals surface area contributed by atoms with E-state index in [9.17, 15) is 4.79 Å². The highest BCUT2D eigenvalue weighted by molar-refractivity contribution is 5.99. The number of ether oxygens (including phenoxy) is 1. The number of rotatable bonds is 4. The molecule has 134 valence electrons. The molecular weight excluding hydrogens is 328 g/mol. The summed E-state index contributed by atoms with van der Waals surface area (Å²) in [7, 11) is 0. The van der Waals surface area contributed by atoms with Crippen LogP contribution in [0.25, 0.3) is 11.3 Å². The maximum absolute atomic E-state index is 11.9. The van der Waals surface area contributed by atoms with Crippen LogP contribution in [-0.2, 0) is 11.3 Å². The Morgan fingerprint density at radius 3 is 2.92 bits per heavy atom. The number of benzene rings is 1. The van der Waals surface area contributed by atoms with E-state index in [4.69, 9.17) is 10.5 Å². The first-order valence-corrected chi connectivity index (χ1v) is 9.16. The van der Waals surface area contributed by atoms with Crippen LogP contribution in [0.5, 0.6) is 0 Å². The number of carbonyl (C=O) groups excluding carboxylic acids is 1. The molecule has 1 saturated carbocycles. The first-order chi connectivity index (χ1) is 12.7. The maximum Gasteiger partial charge on any atom is 0.249 e. The third-order valence-corrected chi connectivity index (χ3v) is 4.76. The highest BCUT2D eigenvalue weighted by atomic mass is 16.5. The van der Waals surface area contributed by atoms with Gasteiger partial charge in [0.15, 0.2) is 0 Å². The molecule has 0 radical (unpaired) electrons. The Morgan fingerprint density at radius 1 is 1.31 bits per heavy atom. The fourth-order valence-electron chi connectivity index (χ4n) is 3.13. The molecule has 1 aromatic carbocycles. The SMILES string of the molecule is NC(=O)c1cc(C#CC2CC2)ccc1-c1cn(CC2CCCCO2)nn1. The van der Waals surface area contributed by atoms with Gasteiger partial charge in [-0.2, -0.15) is 0 Å². The van der Waals surface area contributed by atoms with E-state index < -0.39 is 5.91 Å². The lowest BCUT2D eigenvalue weighted by atomic mass is 10.0. The average molecular weight is 350 g/mol. The molecule has 2 N–H and O–H groups in total. The van der Waals surface area contributed by atoms with Gasteiger partial charge < -0.3 is 10.5 Å². The zero-order valence-electron chi connectivity index (χ0n) is 14.6. The second-order valence-electron chi connectivity index (χ2n) is 6.98. The molecule has 1 aliphatic carbocycles. The summed E-state index contributed by atoms with van der Waals surface area (Å²) in [6, 6.07) is 5.50. The minimum Gasteiger partial charge on any atom is -0.376 e. The molecule has 2 aliphatic rings. The van der Waals surface area contributed by atoms with Crippen molar-refractivity contribution in [2.75, 3.05) is 6.61 Å². The number of hydrogen-bond donors (Lipinski definition) is 1. The average Bonchev–Trinajstić information content (AvgIpc) is 3.38. The Hall–Kier alpha value is -2.65. The second kappa shape index (κ2) is 7.30. The summed E-state index contributed by atoms with van der Waals surface area (Å²) >= 11 is 0. The maximum atomic E-state index is 11.9. The molecule has 2 fully saturated rings. The molecule has 2 heterocycles. The molecule has 1 atom stereocenters. The number of primary amides is 1. The van der Waals surface area contributed by atoms with E-state index in [1.807, 2.05) is 18.3 Å². The van der Waals surface area contributed by atoms with E-state index >= 15 is 0 Å². The monoisotopic (exact) mass is 350 g/mol. The van der Waals surface area contributed by atoms with Crippen LogP contribution in [0, 0.1) is 17.8 Å². The van der Waals surface area contributed by atoms with E-state index in [2.05, 4.69) is 22.2 Å². The standard InChI is InChI=1S/C20H22N4O2/c21-20(25)18-11-15(7-6-14-4-5-14)8-9-17(18)19-13-24(23-22-19)12-16-3-1-2-10-26-16/h8-9,11,13-14,16H,1-5,10,12H2,(H2,21,25). The minimum atomic E-state index is -0.486. The minimum absolute atomic E-state index is 0.175. The van der Waals surface area contributed by atoms with E-state index in [1.165, 1.54) is 19.3 Å².